The number of aldehydes is 1. The van der Waals surface area contributed by atoms with E-state index in [0.29, 0.717) is 6.42 Å². The molecule has 0 bridgehead atoms. The van der Waals surface area contributed by atoms with E-state index in [2.05, 4.69) is 0 Å². The lowest BCUT2D eigenvalue weighted by Crippen LogP contribution is -2.43. The van der Waals surface area contributed by atoms with E-state index < -0.39 is 11.6 Å². The molecule has 1 nitrogen and oxygen atoms in total. The summed E-state index contributed by atoms with van der Waals surface area (Å²) < 4.78 is 39.7. The predicted molar refractivity (Wildman–Crippen MR) is 64.3 cm³/mol. The van der Waals surface area contributed by atoms with Crippen LogP contribution in [-0.4, -0.2) is 12.5 Å². The van der Waals surface area contributed by atoms with Crippen LogP contribution in [-0.2, 0) is 10.2 Å². The number of halogens is 3. The molecule has 0 saturated carbocycles. The van der Waals surface area contributed by atoms with E-state index in [-0.39, 0.29) is 18.3 Å². The summed E-state index contributed by atoms with van der Waals surface area (Å²) in [5, 5.41) is 0. The molecule has 98 valence electrons. The molecule has 4 heteroatoms. The molecule has 1 atom stereocenters. The molecule has 0 spiro atoms. The Morgan fingerprint density at radius 3 is 2.17 bits per heavy atom. The number of carbonyl (C=O) groups excluding carboxylic acids is 1. The Balaban J connectivity index is 3.24. The van der Waals surface area contributed by atoms with Crippen LogP contribution >= 0.6 is 0 Å². The van der Waals surface area contributed by atoms with Crippen LogP contribution in [0.1, 0.15) is 25.3 Å². The molecule has 0 fully saturated rings. The Labute approximate surface area is 104 Å². The zero-order valence-corrected chi connectivity index (χ0v) is 10.1. The topological polar surface area (TPSA) is 17.1 Å². The van der Waals surface area contributed by atoms with Crippen LogP contribution < -0.4 is 0 Å². The molecule has 0 amide bonds. The first-order valence-corrected chi connectivity index (χ1v) is 5.71. The van der Waals surface area contributed by atoms with Crippen LogP contribution in [0.4, 0.5) is 13.2 Å². The molecule has 1 unspecified atom stereocenters. The van der Waals surface area contributed by atoms with E-state index in [4.69, 9.17) is 0 Å². The molecule has 0 radical (unpaired) electrons. The van der Waals surface area contributed by atoms with Gasteiger partial charge in [0.25, 0.3) is 0 Å². The highest BCUT2D eigenvalue weighted by Gasteiger charge is 2.55. The van der Waals surface area contributed by atoms with Gasteiger partial charge in [-0.2, -0.15) is 13.2 Å². The highest BCUT2D eigenvalue weighted by Crippen LogP contribution is 2.42. The van der Waals surface area contributed by atoms with E-state index in [1.54, 1.807) is 12.1 Å². The number of alkyl halides is 3. The van der Waals surface area contributed by atoms with Gasteiger partial charge in [-0.1, -0.05) is 49.4 Å². The van der Waals surface area contributed by atoms with Crippen molar-refractivity contribution in [3.8, 4) is 0 Å². The summed E-state index contributed by atoms with van der Waals surface area (Å²) in [6.45, 7) is 1.83. The van der Waals surface area contributed by atoms with Gasteiger partial charge in [-0.15, -0.1) is 0 Å². The second-order valence-electron chi connectivity index (χ2n) is 4.04. The van der Waals surface area contributed by atoms with E-state index in [9.17, 15) is 18.0 Å². The van der Waals surface area contributed by atoms with Crippen molar-refractivity contribution < 1.29 is 18.0 Å². The lowest BCUT2D eigenvalue weighted by atomic mass is 9.78. The third kappa shape index (κ3) is 2.81. The number of rotatable bonds is 5. The van der Waals surface area contributed by atoms with Crippen LogP contribution in [0.3, 0.4) is 0 Å². The molecule has 0 saturated heterocycles. The van der Waals surface area contributed by atoms with Crippen molar-refractivity contribution in [2.45, 2.75) is 31.4 Å². The Hall–Kier alpha value is -1.58. The minimum Gasteiger partial charge on any atom is -0.302 e. The number of hydrogen-bond acceptors (Lipinski definition) is 1. The fourth-order valence-electron chi connectivity index (χ4n) is 1.75. The first-order valence-electron chi connectivity index (χ1n) is 5.71. The van der Waals surface area contributed by atoms with Crippen molar-refractivity contribution in [3.05, 3.63) is 48.0 Å². The smallest absolute Gasteiger partial charge is 0.302 e. The molecule has 1 aromatic carbocycles. The Morgan fingerprint density at radius 1 is 1.11 bits per heavy atom. The summed E-state index contributed by atoms with van der Waals surface area (Å²) in [5.74, 6) is 0. The molecule has 0 aliphatic carbocycles. The molecule has 0 heterocycles. The summed E-state index contributed by atoms with van der Waals surface area (Å²) in [7, 11) is 0. The summed E-state index contributed by atoms with van der Waals surface area (Å²) in [6.07, 6.45) is -1.28. The van der Waals surface area contributed by atoms with Gasteiger partial charge in [0.2, 0.25) is 0 Å². The zero-order valence-electron chi connectivity index (χ0n) is 10.1. The highest BCUT2D eigenvalue weighted by atomic mass is 19.4. The first-order chi connectivity index (χ1) is 8.48. The summed E-state index contributed by atoms with van der Waals surface area (Å²) in [6, 6.07) is 7.30. The van der Waals surface area contributed by atoms with Crippen molar-refractivity contribution in [1.29, 1.82) is 0 Å². The lowest BCUT2D eigenvalue weighted by Gasteiger charge is -2.30. The van der Waals surface area contributed by atoms with Gasteiger partial charge in [0.1, 0.15) is 11.7 Å². The van der Waals surface area contributed by atoms with Crippen LogP contribution in [0, 0.1) is 0 Å². The number of benzene rings is 1. The van der Waals surface area contributed by atoms with Gasteiger partial charge < -0.3 is 4.79 Å². The Kier molecular flexibility index (Phi) is 4.70. The van der Waals surface area contributed by atoms with Crippen LogP contribution in [0.5, 0.6) is 0 Å². The van der Waals surface area contributed by atoms with Crippen molar-refractivity contribution >= 4 is 6.29 Å². The number of hydrogen-bond donors (Lipinski definition) is 0. The predicted octanol–water partition coefficient (Wildman–Crippen LogP) is 4.04. The Bertz CT molecular complexity index is 409. The summed E-state index contributed by atoms with van der Waals surface area (Å²) in [5.41, 5.74) is -2.46. The van der Waals surface area contributed by atoms with E-state index in [0.717, 1.165) is 0 Å². The minimum absolute atomic E-state index is 0.00231. The van der Waals surface area contributed by atoms with Gasteiger partial charge in [0, 0.05) is 0 Å². The second kappa shape index (κ2) is 5.85. The molecule has 0 aliphatic heterocycles. The van der Waals surface area contributed by atoms with Gasteiger partial charge >= 0.3 is 6.18 Å². The number of carbonyl (C=O) groups is 1. The van der Waals surface area contributed by atoms with Gasteiger partial charge in [-0.3, -0.25) is 0 Å². The third-order valence-corrected chi connectivity index (χ3v) is 2.84. The van der Waals surface area contributed by atoms with Gasteiger partial charge in [-0.05, 0) is 18.4 Å². The molecular weight excluding hydrogens is 241 g/mol. The molecule has 1 aromatic rings. The fourth-order valence-corrected chi connectivity index (χ4v) is 1.75. The molecule has 0 aliphatic rings. The zero-order chi connectivity index (χ0) is 13.6. The van der Waals surface area contributed by atoms with E-state index in [1.807, 2.05) is 6.92 Å². The Morgan fingerprint density at radius 2 is 1.72 bits per heavy atom. The van der Waals surface area contributed by atoms with Gasteiger partial charge in [0.15, 0.2) is 0 Å². The average Bonchev–Trinajstić information content (AvgIpc) is 2.34. The minimum atomic E-state index is -4.60. The summed E-state index contributed by atoms with van der Waals surface area (Å²) in [4.78, 5) is 11.1. The first kappa shape index (κ1) is 14.5. The maximum Gasteiger partial charge on any atom is 0.405 e. The van der Waals surface area contributed by atoms with Crippen LogP contribution in [0.15, 0.2) is 42.5 Å². The van der Waals surface area contributed by atoms with Crippen molar-refractivity contribution in [2.75, 3.05) is 0 Å². The molecule has 1 rings (SSSR count). The SMILES string of the molecule is CCC=CCC(C=O)(c1ccccc1)C(F)(F)F. The van der Waals surface area contributed by atoms with Crippen molar-refractivity contribution in [2.24, 2.45) is 0 Å². The standard InChI is InChI=1S/C14H15F3O/c1-2-3-7-10-13(11-18,14(15,16)17)12-8-5-4-6-9-12/h3-9,11H,2,10H2,1H3. The molecular formula is C14H15F3O. The second-order valence-corrected chi connectivity index (χ2v) is 4.04. The monoisotopic (exact) mass is 256 g/mol. The average molecular weight is 256 g/mol. The lowest BCUT2D eigenvalue weighted by molar-refractivity contribution is -0.186. The fraction of sp³-hybridized carbons (Fsp3) is 0.357. The van der Waals surface area contributed by atoms with Crippen molar-refractivity contribution in [3.63, 3.8) is 0 Å². The molecule has 0 aromatic heterocycles. The number of allylic oxidation sites excluding steroid dienone is 2. The normalized spacial score (nSPS) is 15.6. The van der Waals surface area contributed by atoms with Gasteiger partial charge in [0.05, 0.1) is 0 Å². The third-order valence-electron chi connectivity index (χ3n) is 2.84. The maximum absolute atomic E-state index is 13.2. The molecule has 0 N–H and O–H groups in total. The maximum atomic E-state index is 13.2. The molecule has 18 heavy (non-hydrogen) atoms. The van der Waals surface area contributed by atoms with Crippen molar-refractivity contribution in [1.82, 2.24) is 0 Å². The van der Waals surface area contributed by atoms with E-state index in [1.165, 1.54) is 30.3 Å². The quantitative estimate of drug-likeness (QED) is 0.574. The highest BCUT2D eigenvalue weighted by molar-refractivity contribution is 5.70. The van der Waals surface area contributed by atoms with Crippen LogP contribution in [0.2, 0.25) is 0 Å². The van der Waals surface area contributed by atoms with Crippen LogP contribution in [0.25, 0.3) is 0 Å². The van der Waals surface area contributed by atoms with E-state index >= 15 is 0 Å². The van der Waals surface area contributed by atoms with Gasteiger partial charge in [-0.25, -0.2) is 0 Å². The largest absolute Gasteiger partial charge is 0.405 e. The summed E-state index contributed by atoms with van der Waals surface area (Å²) >= 11 is 0.